The Morgan fingerprint density at radius 2 is 2.09 bits per heavy atom. The van der Waals surface area contributed by atoms with Crippen LogP contribution in [0.1, 0.15) is 22.8 Å². The Morgan fingerprint density at radius 1 is 1.30 bits per heavy atom. The van der Waals surface area contributed by atoms with E-state index >= 15 is 0 Å². The minimum atomic E-state index is -0.351. The summed E-state index contributed by atoms with van der Waals surface area (Å²) in [4.78, 5) is 24.9. The number of rotatable bonds is 3. The highest BCUT2D eigenvalue weighted by atomic mass is 32.2. The van der Waals surface area contributed by atoms with E-state index in [1.807, 2.05) is 13.0 Å². The van der Waals surface area contributed by atoms with Gasteiger partial charge < -0.3 is 10.6 Å². The number of benzene rings is 2. The monoisotopic (exact) mass is 330 g/mol. The first kappa shape index (κ1) is 15.6. The Morgan fingerprint density at radius 3 is 2.87 bits per heavy atom. The van der Waals surface area contributed by atoms with Gasteiger partial charge in [-0.2, -0.15) is 0 Å². The van der Waals surface area contributed by atoms with Gasteiger partial charge in [-0.3, -0.25) is 9.59 Å². The minimum Gasteiger partial charge on any atom is -0.348 e. The number of hydrogen-bond acceptors (Lipinski definition) is 3. The molecule has 2 aromatic rings. The van der Waals surface area contributed by atoms with E-state index in [0.29, 0.717) is 16.8 Å². The highest BCUT2D eigenvalue weighted by Crippen LogP contribution is 2.35. The molecular formula is C17H15FN2O2S. The van der Waals surface area contributed by atoms with Crippen LogP contribution in [0.3, 0.4) is 0 Å². The molecule has 3 rings (SSSR count). The molecule has 0 saturated heterocycles. The lowest BCUT2D eigenvalue weighted by molar-refractivity contribution is -0.115. The number of fused-ring (bicyclic) bond motifs is 1. The Labute approximate surface area is 137 Å². The van der Waals surface area contributed by atoms with E-state index in [-0.39, 0.29) is 29.4 Å². The molecule has 0 radical (unpaired) electrons. The van der Waals surface area contributed by atoms with Gasteiger partial charge in [-0.05, 0) is 31.2 Å². The quantitative estimate of drug-likeness (QED) is 0.909. The molecule has 1 aliphatic rings. The van der Waals surface area contributed by atoms with Crippen LogP contribution in [0.15, 0.2) is 47.4 Å². The number of amides is 2. The second kappa shape index (κ2) is 6.42. The number of carbonyl (C=O) groups is 2. The van der Waals surface area contributed by atoms with Gasteiger partial charge in [0.05, 0.1) is 10.9 Å². The third-order valence-electron chi connectivity index (χ3n) is 3.57. The summed E-state index contributed by atoms with van der Waals surface area (Å²) in [7, 11) is 0. The molecule has 0 saturated carbocycles. The molecule has 0 unspecified atom stereocenters. The summed E-state index contributed by atoms with van der Waals surface area (Å²) in [6.45, 7) is 1.94. The lowest BCUT2D eigenvalue weighted by atomic mass is 10.1. The number of halogens is 1. The first-order valence-electron chi connectivity index (χ1n) is 7.18. The van der Waals surface area contributed by atoms with Gasteiger partial charge in [0.25, 0.3) is 5.91 Å². The maximum absolute atomic E-state index is 13.5. The molecule has 23 heavy (non-hydrogen) atoms. The second-order valence-corrected chi connectivity index (χ2v) is 6.62. The average Bonchev–Trinajstić information content (AvgIpc) is 2.54. The molecule has 1 aliphatic heterocycles. The van der Waals surface area contributed by atoms with E-state index in [9.17, 15) is 14.0 Å². The summed E-state index contributed by atoms with van der Waals surface area (Å²) in [5.41, 5.74) is 1.49. The molecule has 1 heterocycles. The fraction of sp³-hybridized carbons (Fsp3) is 0.176. The van der Waals surface area contributed by atoms with E-state index in [4.69, 9.17) is 0 Å². The number of anilines is 1. The molecule has 2 aromatic carbocycles. The Balaban J connectivity index is 1.72. The highest BCUT2D eigenvalue weighted by molar-refractivity contribution is 8.00. The van der Waals surface area contributed by atoms with Crippen LogP contribution < -0.4 is 10.6 Å². The number of nitrogens with one attached hydrogen (secondary N) is 2. The standard InChI is InChI=1S/C17H15FN2O2S/c1-10-16(21)20-14-8-11(6-7-15(14)23-10)17(22)19-9-12-4-2-3-5-13(12)18/h2-8,10H,9H2,1H3,(H,19,22)(H,20,21)/t10-/m0/s1. The first-order valence-corrected chi connectivity index (χ1v) is 8.06. The zero-order valence-electron chi connectivity index (χ0n) is 12.4. The SMILES string of the molecule is C[C@@H]1Sc2ccc(C(=O)NCc3ccccc3F)cc2NC1=O. The summed E-state index contributed by atoms with van der Waals surface area (Å²) in [6, 6.07) is 11.5. The van der Waals surface area contributed by atoms with Crippen LogP contribution in [0.5, 0.6) is 0 Å². The van der Waals surface area contributed by atoms with E-state index < -0.39 is 0 Å². The van der Waals surface area contributed by atoms with Crippen molar-refractivity contribution in [3.8, 4) is 0 Å². The molecule has 0 aliphatic carbocycles. The topological polar surface area (TPSA) is 58.2 Å². The van der Waals surface area contributed by atoms with Crippen LogP contribution in [-0.4, -0.2) is 17.1 Å². The summed E-state index contributed by atoms with van der Waals surface area (Å²) in [5, 5.41) is 5.32. The van der Waals surface area contributed by atoms with Crippen molar-refractivity contribution < 1.29 is 14.0 Å². The third-order valence-corrected chi connectivity index (χ3v) is 4.75. The molecule has 118 valence electrons. The van der Waals surface area contributed by atoms with E-state index in [1.165, 1.54) is 17.8 Å². The minimum absolute atomic E-state index is 0.0774. The fourth-order valence-electron chi connectivity index (χ4n) is 2.27. The van der Waals surface area contributed by atoms with Crippen molar-refractivity contribution in [3.63, 3.8) is 0 Å². The highest BCUT2D eigenvalue weighted by Gasteiger charge is 2.23. The van der Waals surface area contributed by atoms with Crippen molar-refractivity contribution >= 4 is 29.3 Å². The zero-order valence-corrected chi connectivity index (χ0v) is 13.2. The van der Waals surface area contributed by atoms with Gasteiger partial charge in [0.1, 0.15) is 5.82 Å². The maximum Gasteiger partial charge on any atom is 0.251 e. The Hall–Kier alpha value is -2.34. The second-order valence-electron chi connectivity index (χ2n) is 5.23. The van der Waals surface area contributed by atoms with Gasteiger partial charge in [0.15, 0.2) is 0 Å². The Bertz CT molecular complexity index is 779. The van der Waals surface area contributed by atoms with Crippen LogP contribution in [0.4, 0.5) is 10.1 Å². The van der Waals surface area contributed by atoms with Gasteiger partial charge >= 0.3 is 0 Å². The van der Waals surface area contributed by atoms with Gasteiger partial charge in [0.2, 0.25) is 5.91 Å². The Kier molecular flexibility index (Phi) is 4.34. The molecule has 0 aromatic heterocycles. The average molecular weight is 330 g/mol. The van der Waals surface area contributed by atoms with Gasteiger partial charge in [-0.15, -0.1) is 11.8 Å². The number of hydrogen-bond donors (Lipinski definition) is 2. The predicted octanol–water partition coefficient (Wildman–Crippen LogP) is 3.19. The van der Waals surface area contributed by atoms with Crippen LogP contribution in [0.25, 0.3) is 0 Å². The van der Waals surface area contributed by atoms with Gasteiger partial charge in [0, 0.05) is 22.6 Å². The van der Waals surface area contributed by atoms with Crippen molar-refractivity contribution in [3.05, 3.63) is 59.4 Å². The first-order chi connectivity index (χ1) is 11.0. The summed E-state index contributed by atoms with van der Waals surface area (Å²) in [5.74, 6) is -0.740. The molecule has 1 atom stereocenters. The number of thioether (sulfide) groups is 1. The van der Waals surface area contributed by atoms with Crippen molar-refractivity contribution in [2.24, 2.45) is 0 Å². The van der Waals surface area contributed by atoms with Crippen LogP contribution in [-0.2, 0) is 11.3 Å². The lowest BCUT2D eigenvalue weighted by Crippen LogP contribution is -2.27. The van der Waals surface area contributed by atoms with E-state index in [0.717, 1.165) is 4.90 Å². The zero-order chi connectivity index (χ0) is 16.4. The van der Waals surface area contributed by atoms with Gasteiger partial charge in [-0.1, -0.05) is 18.2 Å². The van der Waals surface area contributed by atoms with Crippen LogP contribution >= 0.6 is 11.8 Å². The van der Waals surface area contributed by atoms with Crippen molar-refractivity contribution in [1.29, 1.82) is 0 Å². The van der Waals surface area contributed by atoms with E-state index in [1.54, 1.807) is 30.3 Å². The molecule has 2 amide bonds. The smallest absolute Gasteiger partial charge is 0.251 e. The molecule has 4 nitrogen and oxygen atoms in total. The number of carbonyl (C=O) groups excluding carboxylic acids is 2. The van der Waals surface area contributed by atoms with Crippen molar-refractivity contribution in [1.82, 2.24) is 5.32 Å². The fourth-order valence-corrected chi connectivity index (χ4v) is 3.20. The summed E-state index contributed by atoms with van der Waals surface area (Å²) in [6.07, 6.45) is 0. The maximum atomic E-state index is 13.5. The van der Waals surface area contributed by atoms with Crippen molar-refractivity contribution in [2.45, 2.75) is 23.6 Å². The van der Waals surface area contributed by atoms with Crippen LogP contribution in [0.2, 0.25) is 0 Å². The molecule has 0 fully saturated rings. The van der Waals surface area contributed by atoms with Crippen molar-refractivity contribution in [2.75, 3.05) is 5.32 Å². The predicted molar refractivity (Wildman–Crippen MR) is 88.0 cm³/mol. The molecule has 6 heteroatoms. The van der Waals surface area contributed by atoms with Crippen LogP contribution in [0, 0.1) is 5.82 Å². The molecule has 0 spiro atoms. The molecule has 2 N–H and O–H groups in total. The summed E-state index contributed by atoms with van der Waals surface area (Å²) < 4.78 is 13.5. The third kappa shape index (κ3) is 3.37. The van der Waals surface area contributed by atoms with E-state index in [2.05, 4.69) is 10.6 Å². The van der Waals surface area contributed by atoms with Gasteiger partial charge in [-0.25, -0.2) is 4.39 Å². The normalized spacial score (nSPS) is 16.4. The molecule has 0 bridgehead atoms. The molecular weight excluding hydrogens is 315 g/mol. The lowest BCUT2D eigenvalue weighted by Gasteiger charge is -2.21. The summed E-state index contributed by atoms with van der Waals surface area (Å²) >= 11 is 1.46. The largest absolute Gasteiger partial charge is 0.348 e.